The van der Waals surface area contributed by atoms with Crippen LogP contribution in [0, 0.1) is 16.7 Å². The Balaban J connectivity index is 1.29. The number of hydrogen-bond donors (Lipinski definition) is 0. The van der Waals surface area contributed by atoms with Gasteiger partial charge in [-0.15, -0.1) is 0 Å². The first-order chi connectivity index (χ1) is 14.4. The van der Waals surface area contributed by atoms with Crippen molar-refractivity contribution in [3.8, 4) is 5.75 Å². The minimum atomic E-state index is -0.314. The van der Waals surface area contributed by atoms with Crippen LogP contribution in [0.5, 0.6) is 5.75 Å². The van der Waals surface area contributed by atoms with Crippen molar-refractivity contribution in [2.45, 2.75) is 33.2 Å². The van der Waals surface area contributed by atoms with Crippen LogP contribution in [0.2, 0.25) is 0 Å². The highest BCUT2D eigenvalue weighted by atomic mass is 16.5. The molecule has 4 rings (SSSR count). The van der Waals surface area contributed by atoms with Crippen LogP contribution < -0.4 is 4.74 Å². The van der Waals surface area contributed by atoms with Crippen molar-refractivity contribution >= 4 is 5.97 Å². The maximum atomic E-state index is 12.5. The van der Waals surface area contributed by atoms with Gasteiger partial charge in [0, 0.05) is 39.3 Å². The molecule has 3 aliphatic rings. The summed E-state index contributed by atoms with van der Waals surface area (Å²) < 4.78 is 16.6. The zero-order valence-electron chi connectivity index (χ0n) is 18.7. The van der Waals surface area contributed by atoms with E-state index in [0.29, 0.717) is 5.92 Å². The second kappa shape index (κ2) is 8.85. The number of hydrogen-bond acceptors (Lipinski definition) is 6. The van der Waals surface area contributed by atoms with Crippen LogP contribution in [0.25, 0.3) is 0 Å². The Morgan fingerprint density at radius 3 is 2.77 bits per heavy atom. The lowest BCUT2D eigenvalue weighted by Crippen LogP contribution is -2.57. The van der Waals surface area contributed by atoms with Crippen LogP contribution in [0.1, 0.15) is 32.3 Å². The molecule has 2 saturated heterocycles. The molecule has 0 radical (unpaired) electrons. The van der Waals surface area contributed by atoms with Gasteiger partial charge in [-0.2, -0.15) is 0 Å². The summed E-state index contributed by atoms with van der Waals surface area (Å²) in [4.78, 5) is 17.4. The number of likely N-dealkylation sites (tertiary alicyclic amines) is 1. The number of carbonyl (C=O) groups is 1. The van der Waals surface area contributed by atoms with Gasteiger partial charge < -0.3 is 14.2 Å². The Morgan fingerprint density at radius 1 is 1.23 bits per heavy atom. The fraction of sp³-hybridized carbons (Fsp3) is 0.708. The molecule has 6 nitrogen and oxygen atoms in total. The maximum Gasteiger partial charge on any atom is 0.313 e. The molecule has 0 bridgehead atoms. The average Bonchev–Trinajstić information content (AvgIpc) is 3.06. The van der Waals surface area contributed by atoms with Gasteiger partial charge in [-0.25, -0.2) is 0 Å². The number of fused-ring (bicyclic) bond motifs is 1. The monoisotopic (exact) mass is 416 g/mol. The summed E-state index contributed by atoms with van der Waals surface area (Å²) in [6.45, 7) is 12.6. The summed E-state index contributed by atoms with van der Waals surface area (Å²) in [5, 5.41) is 0. The van der Waals surface area contributed by atoms with E-state index in [1.54, 1.807) is 0 Å². The van der Waals surface area contributed by atoms with Gasteiger partial charge in [0.1, 0.15) is 5.75 Å². The van der Waals surface area contributed by atoms with Gasteiger partial charge in [0.05, 0.1) is 32.3 Å². The van der Waals surface area contributed by atoms with Crippen molar-refractivity contribution in [1.82, 2.24) is 9.80 Å². The summed E-state index contributed by atoms with van der Waals surface area (Å²) >= 11 is 0. The molecule has 0 amide bonds. The van der Waals surface area contributed by atoms with Crippen LogP contribution in [-0.4, -0.2) is 75.4 Å². The van der Waals surface area contributed by atoms with Gasteiger partial charge in [-0.1, -0.05) is 26.0 Å². The number of benzene rings is 1. The van der Waals surface area contributed by atoms with E-state index in [0.717, 1.165) is 77.7 Å². The molecule has 1 saturated carbocycles. The van der Waals surface area contributed by atoms with Gasteiger partial charge in [-0.05, 0) is 41.9 Å². The fourth-order valence-corrected chi connectivity index (χ4v) is 5.88. The third-order valence-electron chi connectivity index (χ3n) is 7.22. The van der Waals surface area contributed by atoms with Gasteiger partial charge in [0.15, 0.2) is 0 Å². The van der Waals surface area contributed by atoms with Gasteiger partial charge >= 0.3 is 5.97 Å². The Kier molecular flexibility index (Phi) is 6.37. The molecule has 0 aromatic heterocycles. The molecule has 1 aromatic carbocycles. The van der Waals surface area contributed by atoms with Gasteiger partial charge in [0.25, 0.3) is 0 Å². The molecule has 6 heteroatoms. The van der Waals surface area contributed by atoms with E-state index in [9.17, 15) is 4.79 Å². The summed E-state index contributed by atoms with van der Waals surface area (Å²) in [6.07, 6.45) is 1.94. The smallest absolute Gasteiger partial charge is 0.313 e. The van der Waals surface area contributed by atoms with Crippen molar-refractivity contribution in [1.29, 1.82) is 0 Å². The molecule has 30 heavy (non-hydrogen) atoms. The highest BCUT2D eigenvalue weighted by molar-refractivity contribution is 5.80. The largest absolute Gasteiger partial charge is 0.494 e. The Bertz CT molecular complexity index is 746. The molecular formula is C24H36N2O4. The van der Waals surface area contributed by atoms with E-state index in [-0.39, 0.29) is 16.8 Å². The highest BCUT2D eigenvalue weighted by Gasteiger charge is 2.67. The number of carbonyl (C=O) groups excluding carboxylic acids is 1. The summed E-state index contributed by atoms with van der Waals surface area (Å²) in [6, 6.07) is 8.39. The van der Waals surface area contributed by atoms with Crippen LogP contribution in [-0.2, 0) is 20.8 Å². The van der Waals surface area contributed by atoms with E-state index in [1.807, 2.05) is 6.07 Å². The first kappa shape index (κ1) is 21.6. The standard InChI is InChI=1S/C24H36N2O4/c1-23(2)17-24(22(27)28-3)18-26(16-21(23)24)15-19-6-4-7-20(14-19)30-11-5-8-25-9-12-29-13-10-25/h4,6-7,14,21H,5,8-13,15-18H2,1-3H3/t21-,24+/m1/s1. The predicted molar refractivity (Wildman–Crippen MR) is 115 cm³/mol. The van der Waals surface area contributed by atoms with Gasteiger partial charge in [-0.3, -0.25) is 14.6 Å². The zero-order chi connectivity index (χ0) is 21.2. The highest BCUT2D eigenvalue weighted by Crippen LogP contribution is 2.63. The number of nitrogens with zero attached hydrogens (tertiary/aromatic N) is 2. The predicted octanol–water partition coefficient (Wildman–Crippen LogP) is 2.81. The summed E-state index contributed by atoms with van der Waals surface area (Å²) in [5.41, 5.74) is 1.13. The van der Waals surface area contributed by atoms with E-state index in [2.05, 4.69) is 41.8 Å². The number of ether oxygens (including phenoxy) is 3. The third-order valence-corrected chi connectivity index (χ3v) is 7.22. The van der Waals surface area contributed by atoms with Crippen molar-refractivity contribution in [3.05, 3.63) is 29.8 Å². The topological polar surface area (TPSA) is 51.2 Å². The number of esters is 1. The molecule has 0 unspecified atom stereocenters. The second-order valence-electron chi connectivity index (χ2n) is 9.84. The Hall–Kier alpha value is -1.63. The molecular weight excluding hydrogens is 380 g/mol. The first-order valence-corrected chi connectivity index (χ1v) is 11.3. The minimum absolute atomic E-state index is 0.0355. The lowest BCUT2D eigenvalue weighted by Gasteiger charge is -2.54. The van der Waals surface area contributed by atoms with E-state index in [1.165, 1.54) is 12.7 Å². The third kappa shape index (κ3) is 4.36. The van der Waals surface area contributed by atoms with Crippen molar-refractivity contribution in [3.63, 3.8) is 0 Å². The zero-order valence-corrected chi connectivity index (χ0v) is 18.7. The fourth-order valence-electron chi connectivity index (χ4n) is 5.88. The quantitative estimate of drug-likeness (QED) is 0.480. The molecule has 0 N–H and O–H groups in total. The number of rotatable bonds is 8. The normalized spacial score (nSPS) is 28.6. The van der Waals surface area contributed by atoms with Crippen molar-refractivity contribution in [2.75, 3.05) is 59.7 Å². The average molecular weight is 417 g/mol. The molecule has 166 valence electrons. The van der Waals surface area contributed by atoms with Crippen molar-refractivity contribution < 1.29 is 19.0 Å². The van der Waals surface area contributed by atoms with Gasteiger partial charge in [0.2, 0.25) is 0 Å². The van der Waals surface area contributed by atoms with E-state index >= 15 is 0 Å². The summed E-state index contributed by atoms with van der Waals surface area (Å²) in [7, 11) is 1.52. The summed E-state index contributed by atoms with van der Waals surface area (Å²) in [5.74, 6) is 1.27. The maximum absolute atomic E-state index is 12.5. The molecule has 2 heterocycles. The van der Waals surface area contributed by atoms with E-state index < -0.39 is 0 Å². The molecule has 2 atom stereocenters. The molecule has 3 fully saturated rings. The lowest BCUT2D eigenvalue weighted by atomic mass is 9.48. The first-order valence-electron chi connectivity index (χ1n) is 11.3. The van der Waals surface area contributed by atoms with Crippen LogP contribution in [0.3, 0.4) is 0 Å². The van der Waals surface area contributed by atoms with Crippen LogP contribution in [0.15, 0.2) is 24.3 Å². The molecule has 1 aromatic rings. The Morgan fingerprint density at radius 2 is 2.03 bits per heavy atom. The molecule has 1 aliphatic carbocycles. The number of morpholine rings is 1. The SMILES string of the molecule is COC(=O)[C@@]12CN(Cc3cccc(OCCCN4CCOCC4)c3)C[C@@H]1C(C)(C)C2. The Labute approximate surface area is 180 Å². The van der Waals surface area contributed by atoms with E-state index in [4.69, 9.17) is 14.2 Å². The van der Waals surface area contributed by atoms with Crippen LogP contribution in [0.4, 0.5) is 0 Å². The second-order valence-corrected chi connectivity index (χ2v) is 9.84. The molecule has 2 aliphatic heterocycles. The number of methoxy groups -OCH3 is 1. The lowest BCUT2D eigenvalue weighted by molar-refractivity contribution is -0.174. The minimum Gasteiger partial charge on any atom is -0.494 e. The van der Waals surface area contributed by atoms with Crippen molar-refractivity contribution in [2.24, 2.45) is 16.7 Å². The van der Waals surface area contributed by atoms with Crippen LogP contribution >= 0.6 is 0 Å². The molecule has 0 spiro atoms.